The van der Waals surface area contributed by atoms with Crippen LogP contribution in [-0.4, -0.2) is 28.5 Å². The molecule has 4 nitrogen and oxygen atoms in total. The van der Waals surface area contributed by atoms with Crippen LogP contribution in [0.5, 0.6) is 0 Å². The highest BCUT2D eigenvalue weighted by Crippen LogP contribution is 2.19. The van der Waals surface area contributed by atoms with Gasteiger partial charge in [-0.3, -0.25) is 4.79 Å². The lowest BCUT2D eigenvalue weighted by atomic mass is 10.0. The lowest BCUT2D eigenvalue weighted by Crippen LogP contribution is -2.20. The number of ketones is 1. The second-order valence-corrected chi connectivity index (χ2v) is 4.77. The van der Waals surface area contributed by atoms with Gasteiger partial charge < -0.3 is 9.30 Å². The third kappa shape index (κ3) is 2.58. The molecule has 2 aromatic rings. The van der Waals surface area contributed by atoms with E-state index in [0.717, 1.165) is 17.8 Å². The number of nitrogens with zero attached hydrogens (tertiary/aromatic N) is 2. The summed E-state index contributed by atoms with van der Waals surface area (Å²) in [5, 5.41) is 0. The van der Waals surface area contributed by atoms with Gasteiger partial charge in [0.05, 0.1) is 13.2 Å². The molecule has 0 aliphatic carbocycles. The summed E-state index contributed by atoms with van der Waals surface area (Å²) in [5.41, 5.74) is 1.03. The van der Waals surface area contributed by atoms with Gasteiger partial charge in [0.25, 0.3) is 0 Å². The summed E-state index contributed by atoms with van der Waals surface area (Å²) in [4.78, 5) is 16.5. The zero-order chi connectivity index (χ0) is 13.1. The van der Waals surface area contributed by atoms with Gasteiger partial charge in [-0.15, -0.1) is 0 Å². The Balaban J connectivity index is 1.79. The van der Waals surface area contributed by atoms with E-state index in [9.17, 15) is 4.79 Å². The van der Waals surface area contributed by atoms with E-state index in [0.29, 0.717) is 19.8 Å². The van der Waals surface area contributed by atoms with Gasteiger partial charge in [0.15, 0.2) is 5.78 Å². The Hall–Kier alpha value is -1.94. The van der Waals surface area contributed by atoms with Crippen molar-refractivity contribution < 1.29 is 9.53 Å². The van der Waals surface area contributed by atoms with Gasteiger partial charge >= 0.3 is 0 Å². The van der Waals surface area contributed by atoms with Crippen LogP contribution in [0.1, 0.15) is 6.42 Å². The molecule has 1 saturated heterocycles. The minimum atomic E-state index is 0.0472. The van der Waals surface area contributed by atoms with Gasteiger partial charge in [0.2, 0.25) is 0 Å². The number of carbonyl (C=O) groups is 1. The fourth-order valence-corrected chi connectivity index (χ4v) is 2.37. The summed E-state index contributed by atoms with van der Waals surface area (Å²) in [6, 6.07) is 9.92. The zero-order valence-corrected chi connectivity index (χ0v) is 10.7. The molecule has 2 heterocycles. The van der Waals surface area contributed by atoms with E-state index in [-0.39, 0.29) is 11.7 Å². The van der Waals surface area contributed by atoms with Crippen LogP contribution in [0.2, 0.25) is 0 Å². The summed E-state index contributed by atoms with van der Waals surface area (Å²) in [7, 11) is 0. The average molecular weight is 256 g/mol. The van der Waals surface area contributed by atoms with E-state index in [1.165, 1.54) is 0 Å². The number of aromatic nitrogens is 2. The molecule has 0 radical (unpaired) electrons. The highest BCUT2D eigenvalue weighted by Gasteiger charge is 2.24. The molecule has 0 saturated carbocycles. The van der Waals surface area contributed by atoms with E-state index in [1.807, 2.05) is 41.1 Å². The second kappa shape index (κ2) is 5.36. The van der Waals surface area contributed by atoms with Gasteiger partial charge in [-0.05, 0) is 6.42 Å². The SMILES string of the molecule is O=C(Cn1ccnc1-c1ccccc1)C1CCOC1. The maximum atomic E-state index is 12.2. The monoisotopic (exact) mass is 256 g/mol. The quantitative estimate of drug-likeness (QED) is 0.842. The topological polar surface area (TPSA) is 44.1 Å². The van der Waals surface area contributed by atoms with Gasteiger partial charge in [-0.2, -0.15) is 0 Å². The molecule has 1 aliphatic rings. The molecular formula is C15H16N2O2. The second-order valence-electron chi connectivity index (χ2n) is 4.77. The van der Waals surface area contributed by atoms with Crippen LogP contribution in [0.4, 0.5) is 0 Å². The fourth-order valence-electron chi connectivity index (χ4n) is 2.37. The van der Waals surface area contributed by atoms with Crippen LogP contribution in [0.25, 0.3) is 11.4 Å². The van der Waals surface area contributed by atoms with E-state index < -0.39 is 0 Å². The maximum absolute atomic E-state index is 12.2. The van der Waals surface area contributed by atoms with Gasteiger partial charge in [-0.25, -0.2) is 4.98 Å². The highest BCUT2D eigenvalue weighted by atomic mass is 16.5. The Labute approximate surface area is 112 Å². The Morgan fingerprint density at radius 1 is 1.37 bits per heavy atom. The predicted molar refractivity (Wildman–Crippen MR) is 71.6 cm³/mol. The van der Waals surface area contributed by atoms with Crippen LogP contribution < -0.4 is 0 Å². The molecule has 98 valence electrons. The number of imidazole rings is 1. The number of ether oxygens (including phenoxy) is 1. The standard InChI is InChI=1S/C15H16N2O2/c18-14(13-6-9-19-11-13)10-17-8-7-16-15(17)12-4-2-1-3-5-12/h1-5,7-8,13H,6,9-11H2. The minimum absolute atomic E-state index is 0.0472. The molecule has 19 heavy (non-hydrogen) atoms. The number of Topliss-reactive ketones (excluding diaryl/α,β-unsaturated/α-hetero) is 1. The lowest BCUT2D eigenvalue weighted by molar-refractivity contribution is -0.123. The summed E-state index contributed by atoms with van der Waals surface area (Å²) < 4.78 is 7.18. The van der Waals surface area contributed by atoms with Crippen molar-refractivity contribution in [2.45, 2.75) is 13.0 Å². The number of hydrogen-bond donors (Lipinski definition) is 0. The number of carbonyl (C=O) groups excluding carboxylic acids is 1. The third-order valence-corrected chi connectivity index (χ3v) is 3.46. The summed E-state index contributed by atoms with van der Waals surface area (Å²) in [5.74, 6) is 1.12. The Kier molecular flexibility index (Phi) is 3.42. The molecule has 1 aromatic heterocycles. The molecule has 1 unspecified atom stereocenters. The minimum Gasteiger partial charge on any atom is -0.381 e. The van der Waals surface area contributed by atoms with E-state index in [1.54, 1.807) is 6.20 Å². The molecule has 0 bridgehead atoms. The molecule has 1 aliphatic heterocycles. The van der Waals surface area contributed by atoms with Crippen molar-refractivity contribution >= 4 is 5.78 Å². The Bertz CT molecular complexity index is 557. The van der Waals surface area contributed by atoms with Crippen molar-refractivity contribution in [3.05, 3.63) is 42.7 Å². The van der Waals surface area contributed by atoms with E-state index in [2.05, 4.69) is 4.98 Å². The largest absolute Gasteiger partial charge is 0.381 e. The van der Waals surface area contributed by atoms with Crippen LogP contribution >= 0.6 is 0 Å². The van der Waals surface area contributed by atoms with Crippen molar-refractivity contribution in [2.24, 2.45) is 5.92 Å². The highest BCUT2D eigenvalue weighted by molar-refractivity contribution is 5.81. The van der Waals surface area contributed by atoms with Crippen LogP contribution in [0, 0.1) is 5.92 Å². The molecule has 1 atom stereocenters. The van der Waals surface area contributed by atoms with Crippen molar-refractivity contribution in [3.8, 4) is 11.4 Å². The average Bonchev–Trinajstić information content (AvgIpc) is 3.11. The number of rotatable bonds is 4. The summed E-state index contributed by atoms with van der Waals surface area (Å²) in [6.45, 7) is 1.64. The normalized spacial score (nSPS) is 18.6. The summed E-state index contributed by atoms with van der Waals surface area (Å²) in [6.07, 6.45) is 4.44. The van der Waals surface area contributed by atoms with Crippen molar-refractivity contribution in [3.63, 3.8) is 0 Å². The first-order valence-electron chi connectivity index (χ1n) is 6.51. The molecule has 0 N–H and O–H groups in total. The van der Waals surface area contributed by atoms with Crippen molar-refractivity contribution in [1.29, 1.82) is 0 Å². The van der Waals surface area contributed by atoms with E-state index in [4.69, 9.17) is 4.74 Å². The van der Waals surface area contributed by atoms with Crippen molar-refractivity contribution in [1.82, 2.24) is 9.55 Å². The van der Waals surface area contributed by atoms with Gasteiger partial charge in [0, 0.05) is 30.5 Å². The predicted octanol–water partition coefficient (Wildman–Crippen LogP) is 2.16. The van der Waals surface area contributed by atoms with Crippen LogP contribution in [-0.2, 0) is 16.1 Å². The smallest absolute Gasteiger partial charge is 0.158 e. The Morgan fingerprint density at radius 2 is 2.21 bits per heavy atom. The zero-order valence-electron chi connectivity index (χ0n) is 10.7. The first-order valence-corrected chi connectivity index (χ1v) is 6.51. The summed E-state index contributed by atoms with van der Waals surface area (Å²) >= 11 is 0. The lowest BCUT2D eigenvalue weighted by Gasteiger charge is -2.10. The maximum Gasteiger partial charge on any atom is 0.158 e. The number of benzene rings is 1. The van der Waals surface area contributed by atoms with Gasteiger partial charge in [-0.1, -0.05) is 30.3 Å². The molecule has 0 amide bonds. The molecule has 4 heteroatoms. The molecule has 0 spiro atoms. The fraction of sp³-hybridized carbons (Fsp3) is 0.333. The first-order chi connectivity index (χ1) is 9.34. The molecule has 3 rings (SSSR count). The van der Waals surface area contributed by atoms with Crippen molar-refractivity contribution in [2.75, 3.05) is 13.2 Å². The third-order valence-electron chi connectivity index (χ3n) is 3.46. The molecular weight excluding hydrogens is 240 g/mol. The molecule has 1 fully saturated rings. The Morgan fingerprint density at radius 3 is 2.95 bits per heavy atom. The van der Waals surface area contributed by atoms with Crippen LogP contribution in [0.15, 0.2) is 42.7 Å². The first kappa shape index (κ1) is 12.1. The van der Waals surface area contributed by atoms with Gasteiger partial charge in [0.1, 0.15) is 5.82 Å². The molecule has 1 aromatic carbocycles. The van der Waals surface area contributed by atoms with Crippen LogP contribution in [0.3, 0.4) is 0 Å². The number of hydrogen-bond acceptors (Lipinski definition) is 3. The van der Waals surface area contributed by atoms with E-state index >= 15 is 0 Å².